The van der Waals surface area contributed by atoms with Crippen LogP contribution in [0.2, 0.25) is 5.15 Å². The number of hydrogen-bond donors (Lipinski definition) is 4. The largest absolute Gasteiger partial charge is 0.387 e. The van der Waals surface area contributed by atoms with E-state index in [9.17, 15) is 10.2 Å². The Balaban J connectivity index is 1.74. The molecule has 0 radical (unpaired) electrons. The summed E-state index contributed by atoms with van der Waals surface area (Å²) in [5.41, 5.74) is 8.59. The van der Waals surface area contributed by atoms with E-state index in [4.69, 9.17) is 22.1 Å². The van der Waals surface area contributed by atoms with Crippen LogP contribution in [0, 0.1) is 0 Å². The van der Waals surface area contributed by atoms with Crippen molar-refractivity contribution in [1.29, 1.82) is 0 Å². The first-order chi connectivity index (χ1) is 15.6. The minimum absolute atomic E-state index is 0.0624. The van der Waals surface area contributed by atoms with E-state index in [2.05, 4.69) is 15.3 Å². The molecule has 1 aliphatic heterocycles. The van der Waals surface area contributed by atoms with Gasteiger partial charge in [0.05, 0.1) is 5.39 Å². The zero-order valence-electron chi connectivity index (χ0n) is 17.0. The molecule has 4 aromatic rings. The van der Waals surface area contributed by atoms with E-state index < -0.39 is 24.5 Å². The fourth-order valence-corrected chi connectivity index (χ4v) is 4.48. The second-order valence-electron chi connectivity index (χ2n) is 7.60. The minimum Gasteiger partial charge on any atom is -0.387 e. The summed E-state index contributed by atoms with van der Waals surface area (Å²) >= 11 is 6.91. The van der Waals surface area contributed by atoms with Gasteiger partial charge in [-0.05, 0) is 17.7 Å². The summed E-state index contributed by atoms with van der Waals surface area (Å²) in [6.45, 7) is 0.0624. The molecule has 3 heterocycles. The average molecular weight is 452 g/mol. The Labute approximate surface area is 189 Å². The van der Waals surface area contributed by atoms with Crippen LogP contribution in [0.4, 0.5) is 11.5 Å². The van der Waals surface area contributed by atoms with Gasteiger partial charge in [-0.2, -0.15) is 0 Å². The summed E-state index contributed by atoms with van der Waals surface area (Å²) in [6.07, 6.45) is -2.60. The summed E-state index contributed by atoms with van der Waals surface area (Å²) < 4.78 is 7.49. The van der Waals surface area contributed by atoms with Gasteiger partial charge in [0.25, 0.3) is 0 Å². The Bertz CT molecular complexity index is 1230. The molecule has 8 nitrogen and oxygen atoms in total. The predicted molar refractivity (Wildman–Crippen MR) is 123 cm³/mol. The van der Waals surface area contributed by atoms with Crippen molar-refractivity contribution in [2.45, 2.75) is 24.5 Å². The van der Waals surface area contributed by atoms with Crippen molar-refractivity contribution in [2.24, 2.45) is 5.73 Å². The van der Waals surface area contributed by atoms with E-state index in [0.29, 0.717) is 27.6 Å². The lowest BCUT2D eigenvalue weighted by molar-refractivity contribution is -0.0316. The highest BCUT2D eigenvalue weighted by Gasteiger charge is 2.45. The number of nitrogens with one attached hydrogen (secondary N) is 1. The Morgan fingerprint density at radius 3 is 2.34 bits per heavy atom. The molecule has 0 spiro atoms. The number of nitrogens with zero attached hydrogens (tertiary/aromatic N) is 3. The number of anilines is 2. The van der Waals surface area contributed by atoms with Crippen LogP contribution in [-0.2, 0) is 4.74 Å². The molecular formula is C23H22ClN5O3. The van der Waals surface area contributed by atoms with E-state index in [0.717, 1.165) is 11.3 Å². The fourth-order valence-electron chi connectivity index (χ4n) is 4.10. The first kappa shape index (κ1) is 20.9. The number of aromatic nitrogens is 3. The molecule has 9 heteroatoms. The zero-order chi connectivity index (χ0) is 22.2. The number of nitrogens with two attached hydrogens (primary N) is 1. The van der Waals surface area contributed by atoms with E-state index in [1.54, 1.807) is 4.57 Å². The second-order valence-corrected chi connectivity index (χ2v) is 7.95. The van der Waals surface area contributed by atoms with Crippen molar-refractivity contribution in [3.8, 4) is 11.1 Å². The van der Waals surface area contributed by atoms with Crippen molar-refractivity contribution in [2.75, 3.05) is 11.9 Å². The lowest BCUT2D eigenvalue weighted by Gasteiger charge is -2.18. The molecule has 32 heavy (non-hydrogen) atoms. The molecule has 0 saturated carbocycles. The number of ether oxygens (including phenoxy) is 1. The molecule has 1 fully saturated rings. The van der Waals surface area contributed by atoms with Gasteiger partial charge < -0.3 is 26.0 Å². The van der Waals surface area contributed by atoms with Gasteiger partial charge in [0.15, 0.2) is 6.23 Å². The SMILES string of the molecule is NC[C@@H]1O[C@@H](n2c(Cl)c(-c3ccccc3)c3c(Nc4ccccc4)ncnc32)[C@H](O)[C@@H]1O. The summed E-state index contributed by atoms with van der Waals surface area (Å²) in [5, 5.41) is 25.4. The molecule has 164 valence electrons. The third kappa shape index (κ3) is 3.42. The lowest BCUT2D eigenvalue weighted by atomic mass is 10.1. The first-order valence-electron chi connectivity index (χ1n) is 10.2. The lowest BCUT2D eigenvalue weighted by Crippen LogP contribution is -2.35. The molecule has 5 N–H and O–H groups in total. The number of hydrogen-bond acceptors (Lipinski definition) is 7. The van der Waals surface area contributed by atoms with Crippen LogP contribution in [0.25, 0.3) is 22.2 Å². The van der Waals surface area contributed by atoms with Crippen LogP contribution in [-0.4, -0.2) is 49.6 Å². The molecule has 4 atom stereocenters. The van der Waals surface area contributed by atoms with Crippen LogP contribution >= 0.6 is 11.6 Å². The summed E-state index contributed by atoms with van der Waals surface area (Å²) in [4.78, 5) is 8.94. The molecule has 0 amide bonds. The smallest absolute Gasteiger partial charge is 0.165 e. The van der Waals surface area contributed by atoms with Gasteiger partial charge in [-0.25, -0.2) is 9.97 Å². The van der Waals surface area contributed by atoms with Gasteiger partial charge in [-0.3, -0.25) is 4.57 Å². The van der Waals surface area contributed by atoms with Gasteiger partial charge in [-0.1, -0.05) is 60.1 Å². The van der Waals surface area contributed by atoms with Crippen LogP contribution in [0.15, 0.2) is 67.0 Å². The molecule has 2 aromatic heterocycles. The van der Waals surface area contributed by atoms with Crippen molar-refractivity contribution >= 4 is 34.1 Å². The number of aliphatic hydroxyl groups is 2. The first-order valence-corrected chi connectivity index (χ1v) is 10.6. The van der Waals surface area contributed by atoms with Crippen molar-refractivity contribution < 1.29 is 14.9 Å². The van der Waals surface area contributed by atoms with E-state index in [-0.39, 0.29) is 6.54 Å². The van der Waals surface area contributed by atoms with Crippen molar-refractivity contribution in [3.63, 3.8) is 0 Å². The second kappa shape index (κ2) is 8.50. The van der Waals surface area contributed by atoms with Crippen molar-refractivity contribution in [1.82, 2.24) is 14.5 Å². The molecule has 0 aliphatic carbocycles. The maximum atomic E-state index is 10.7. The highest BCUT2D eigenvalue weighted by Crippen LogP contribution is 2.44. The van der Waals surface area contributed by atoms with Crippen LogP contribution in [0.1, 0.15) is 6.23 Å². The summed E-state index contributed by atoms with van der Waals surface area (Å²) in [5.74, 6) is 0.559. The van der Waals surface area contributed by atoms with Gasteiger partial charge in [0.2, 0.25) is 0 Å². The molecule has 0 unspecified atom stereocenters. The molecule has 2 aromatic carbocycles. The highest BCUT2D eigenvalue weighted by atomic mass is 35.5. The topological polar surface area (TPSA) is 118 Å². The third-order valence-electron chi connectivity index (χ3n) is 5.65. The summed E-state index contributed by atoms with van der Waals surface area (Å²) in [6, 6.07) is 19.3. The number of fused-ring (bicyclic) bond motifs is 1. The van der Waals surface area contributed by atoms with Gasteiger partial charge >= 0.3 is 0 Å². The minimum atomic E-state index is -1.22. The van der Waals surface area contributed by atoms with E-state index >= 15 is 0 Å². The molecule has 1 aliphatic rings. The standard InChI is InChI=1S/C23H22ClN5O3/c24-20-16(13-7-3-1-4-8-13)17-21(28-14-9-5-2-6-10-14)26-12-27-22(17)29(20)23-19(31)18(30)15(11-25)32-23/h1-10,12,15,18-19,23,30-31H,11,25H2,(H,26,27,28)/t15-,18+,19+,23+/m0/s1. The Hall–Kier alpha value is -3.01. The predicted octanol–water partition coefficient (Wildman–Crippen LogP) is 3.07. The average Bonchev–Trinajstić information content (AvgIpc) is 3.28. The van der Waals surface area contributed by atoms with Gasteiger partial charge in [-0.15, -0.1) is 0 Å². The third-order valence-corrected chi connectivity index (χ3v) is 6.02. The number of rotatable bonds is 5. The normalized spacial score (nSPS) is 23.0. The van der Waals surface area contributed by atoms with E-state index in [1.807, 2.05) is 60.7 Å². The van der Waals surface area contributed by atoms with Crippen LogP contribution < -0.4 is 11.1 Å². The van der Waals surface area contributed by atoms with Crippen molar-refractivity contribution in [3.05, 3.63) is 72.1 Å². The van der Waals surface area contributed by atoms with E-state index in [1.165, 1.54) is 6.33 Å². The number of para-hydroxylation sites is 1. The maximum absolute atomic E-state index is 10.7. The fraction of sp³-hybridized carbons (Fsp3) is 0.217. The zero-order valence-corrected chi connectivity index (χ0v) is 17.7. The van der Waals surface area contributed by atoms with Crippen LogP contribution in [0.5, 0.6) is 0 Å². The number of halogens is 1. The summed E-state index contributed by atoms with van der Waals surface area (Å²) in [7, 11) is 0. The Morgan fingerprint density at radius 2 is 1.69 bits per heavy atom. The Kier molecular flexibility index (Phi) is 5.54. The maximum Gasteiger partial charge on any atom is 0.165 e. The monoisotopic (exact) mass is 451 g/mol. The highest BCUT2D eigenvalue weighted by molar-refractivity contribution is 6.35. The van der Waals surface area contributed by atoms with Gasteiger partial charge in [0, 0.05) is 17.8 Å². The van der Waals surface area contributed by atoms with Gasteiger partial charge in [0.1, 0.15) is 41.3 Å². The number of benzene rings is 2. The number of aliphatic hydroxyl groups excluding tert-OH is 2. The molecule has 5 rings (SSSR count). The molecular weight excluding hydrogens is 430 g/mol. The molecule has 1 saturated heterocycles. The van der Waals surface area contributed by atoms with Crippen LogP contribution in [0.3, 0.4) is 0 Å². The Morgan fingerprint density at radius 1 is 1.00 bits per heavy atom. The molecule has 0 bridgehead atoms. The quantitative estimate of drug-likeness (QED) is 0.368.